The predicted octanol–water partition coefficient (Wildman–Crippen LogP) is 4.48. The molecule has 35 heavy (non-hydrogen) atoms. The van der Waals surface area contributed by atoms with E-state index < -0.39 is 35.6 Å². The van der Waals surface area contributed by atoms with Crippen LogP contribution in [0.15, 0.2) is 66.7 Å². The molecule has 7 heteroatoms. The van der Waals surface area contributed by atoms with E-state index in [1.54, 1.807) is 36.4 Å². The number of nitrogens with zero attached hydrogens (tertiary/aromatic N) is 1. The minimum Gasteiger partial charge on any atom is -0.481 e. The Morgan fingerprint density at radius 1 is 0.914 bits per heavy atom. The molecule has 3 aromatic rings. The van der Waals surface area contributed by atoms with Gasteiger partial charge in [-0.25, -0.2) is 4.39 Å². The Labute approximate surface area is 202 Å². The lowest BCUT2D eigenvalue weighted by Gasteiger charge is -2.22. The number of carbonyl (C=O) groups excluding carboxylic acids is 2. The molecule has 2 atom stereocenters. The molecule has 2 unspecified atom stereocenters. The molecule has 0 aliphatic carbocycles. The molecule has 2 N–H and O–H groups in total. The highest BCUT2D eigenvalue weighted by Gasteiger charge is 2.36. The third-order valence-electron chi connectivity index (χ3n) is 6.47. The van der Waals surface area contributed by atoms with Crippen LogP contribution in [0.5, 0.6) is 0 Å². The molecule has 1 aliphatic rings. The van der Waals surface area contributed by atoms with Crippen LogP contribution in [0.3, 0.4) is 0 Å². The molecule has 0 radical (unpaired) electrons. The van der Waals surface area contributed by atoms with Gasteiger partial charge in [-0.1, -0.05) is 54.1 Å². The fraction of sp³-hybridized carbons (Fsp3) is 0.250. The van der Waals surface area contributed by atoms with Crippen molar-refractivity contribution in [2.75, 3.05) is 6.54 Å². The number of carboxylic acids is 1. The standard InChI is InChI=1S/C28H26FNO5/c1-17-6-8-18(9-7-17)20-11-10-19(24(29)16-20)12-13-25(31)23(28(34)35)14-15-30-26(32)21-4-2-3-5-22(21)27(30)33/h2-11,16,23,25,31H,12-15H2,1H3,(H,34,35). The monoisotopic (exact) mass is 475 g/mol. The van der Waals surface area contributed by atoms with Gasteiger partial charge in [-0.05, 0) is 61.1 Å². The first-order valence-electron chi connectivity index (χ1n) is 11.5. The van der Waals surface area contributed by atoms with Gasteiger partial charge in [0.25, 0.3) is 11.8 Å². The molecule has 6 nitrogen and oxygen atoms in total. The first kappa shape index (κ1) is 24.3. The maximum Gasteiger partial charge on any atom is 0.309 e. The van der Waals surface area contributed by atoms with Gasteiger partial charge in [0, 0.05) is 6.54 Å². The molecule has 0 fully saturated rings. The van der Waals surface area contributed by atoms with Crippen LogP contribution in [0.4, 0.5) is 4.39 Å². The molecule has 180 valence electrons. The average molecular weight is 476 g/mol. The van der Waals surface area contributed by atoms with E-state index in [9.17, 15) is 29.0 Å². The van der Waals surface area contributed by atoms with E-state index in [1.807, 2.05) is 31.2 Å². The lowest BCUT2D eigenvalue weighted by Crippen LogP contribution is -2.36. The Bertz CT molecular complexity index is 1240. The van der Waals surface area contributed by atoms with E-state index in [0.29, 0.717) is 5.56 Å². The largest absolute Gasteiger partial charge is 0.481 e. The molecular weight excluding hydrogens is 449 g/mol. The summed E-state index contributed by atoms with van der Waals surface area (Å²) in [4.78, 5) is 37.8. The van der Waals surface area contributed by atoms with Gasteiger partial charge in [0.15, 0.2) is 0 Å². The van der Waals surface area contributed by atoms with Crippen LogP contribution in [0.2, 0.25) is 0 Å². The second kappa shape index (κ2) is 10.2. The first-order valence-corrected chi connectivity index (χ1v) is 11.5. The van der Waals surface area contributed by atoms with Crippen LogP contribution in [-0.4, -0.2) is 45.5 Å². The SMILES string of the molecule is Cc1ccc(-c2ccc(CCC(O)C(CCN3C(=O)c4ccccc4C3=O)C(=O)O)c(F)c2)cc1. The number of aliphatic hydroxyl groups is 1. The molecule has 0 saturated heterocycles. The number of aryl methyl sites for hydroxylation is 2. The molecule has 0 aromatic heterocycles. The van der Waals surface area contributed by atoms with Gasteiger partial charge >= 0.3 is 5.97 Å². The van der Waals surface area contributed by atoms with Crippen molar-refractivity contribution in [3.05, 3.63) is 94.8 Å². The van der Waals surface area contributed by atoms with E-state index >= 15 is 0 Å². The van der Waals surface area contributed by atoms with E-state index in [2.05, 4.69) is 0 Å². The minimum atomic E-state index is -1.26. The number of hydrogen-bond donors (Lipinski definition) is 2. The van der Waals surface area contributed by atoms with Crippen molar-refractivity contribution in [3.63, 3.8) is 0 Å². The van der Waals surface area contributed by atoms with Crippen molar-refractivity contribution >= 4 is 17.8 Å². The number of aliphatic carboxylic acids is 1. The summed E-state index contributed by atoms with van der Waals surface area (Å²) in [5.41, 5.74) is 3.68. The van der Waals surface area contributed by atoms with Crippen LogP contribution in [-0.2, 0) is 11.2 Å². The Morgan fingerprint density at radius 2 is 1.51 bits per heavy atom. The zero-order valence-corrected chi connectivity index (χ0v) is 19.3. The Hall–Kier alpha value is -3.84. The number of fused-ring (bicyclic) bond motifs is 1. The summed E-state index contributed by atoms with van der Waals surface area (Å²) in [6.07, 6.45) is -1.19. The Morgan fingerprint density at radius 3 is 2.09 bits per heavy atom. The summed E-state index contributed by atoms with van der Waals surface area (Å²) in [7, 11) is 0. The third-order valence-corrected chi connectivity index (χ3v) is 6.47. The highest BCUT2D eigenvalue weighted by Crippen LogP contribution is 2.26. The number of amides is 2. The molecule has 0 bridgehead atoms. The second-order valence-electron chi connectivity index (χ2n) is 8.82. The quantitative estimate of drug-likeness (QED) is 0.445. The number of halogens is 1. The number of carboxylic acid groups (broad SMARTS) is 1. The maximum absolute atomic E-state index is 14.7. The van der Waals surface area contributed by atoms with E-state index in [4.69, 9.17) is 0 Å². The summed E-state index contributed by atoms with van der Waals surface area (Å²) in [5.74, 6) is -3.80. The third kappa shape index (κ3) is 5.15. The average Bonchev–Trinajstić information content (AvgIpc) is 3.08. The fourth-order valence-corrected chi connectivity index (χ4v) is 4.37. The lowest BCUT2D eigenvalue weighted by atomic mass is 9.92. The molecule has 2 amide bonds. The predicted molar refractivity (Wildman–Crippen MR) is 128 cm³/mol. The highest BCUT2D eigenvalue weighted by atomic mass is 19.1. The second-order valence-corrected chi connectivity index (χ2v) is 8.82. The number of carbonyl (C=O) groups is 3. The molecular formula is C28H26FNO5. The number of aliphatic hydroxyl groups excluding tert-OH is 1. The fourth-order valence-electron chi connectivity index (χ4n) is 4.37. The topological polar surface area (TPSA) is 94.9 Å². The van der Waals surface area contributed by atoms with Crippen molar-refractivity contribution in [2.24, 2.45) is 5.92 Å². The van der Waals surface area contributed by atoms with Crippen LogP contribution < -0.4 is 0 Å². The van der Waals surface area contributed by atoms with Crippen molar-refractivity contribution in [3.8, 4) is 11.1 Å². The van der Waals surface area contributed by atoms with Gasteiger partial charge in [-0.3, -0.25) is 19.3 Å². The lowest BCUT2D eigenvalue weighted by molar-refractivity contribution is -0.146. The summed E-state index contributed by atoms with van der Waals surface area (Å²) >= 11 is 0. The van der Waals surface area contributed by atoms with Crippen molar-refractivity contribution in [1.29, 1.82) is 0 Å². The van der Waals surface area contributed by atoms with Crippen LogP contribution in [0.1, 0.15) is 44.7 Å². The van der Waals surface area contributed by atoms with Crippen LogP contribution in [0, 0.1) is 18.7 Å². The molecule has 1 aliphatic heterocycles. The Balaban J connectivity index is 1.37. The highest BCUT2D eigenvalue weighted by molar-refractivity contribution is 6.21. The zero-order valence-electron chi connectivity index (χ0n) is 19.3. The van der Waals surface area contributed by atoms with E-state index in [-0.39, 0.29) is 36.9 Å². The molecule has 0 saturated carbocycles. The number of hydrogen-bond acceptors (Lipinski definition) is 4. The number of imide groups is 1. The van der Waals surface area contributed by atoms with Gasteiger partial charge < -0.3 is 10.2 Å². The van der Waals surface area contributed by atoms with Gasteiger partial charge in [0.1, 0.15) is 5.82 Å². The van der Waals surface area contributed by atoms with Crippen LogP contribution in [0.25, 0.3) is 11.1 Å². The molecule has 1 heterocycles. The smallest absolute Gasteiger partial charge is 0.309 e. The van der Waals surface area contributed by atoms with Crippen molar-refractivity contribution in [2.45, 2.75) is 32.3 Å². The van der Waals surface area contributed by atoms with Gasteiger partial charge in [0.05, 0.1) is 23.1 Å². The normalized spacial score (nSPS) is 14.7. The van der Waals surface area contributed by atoms with E-state index in [1.165, 1.54) is 6.07 Å². The van der Waals surface area contributed by atoms with Gasteiger partial charge in [-0.2, -0.15) is 0 Å². The van der Waals surface area contributed by atoms with E-state index in [0.717, 1.165) is 21.6 Å². The molecule has 4 rings (SSSR count). The first-order chi connectivity index (χ1) is 16.8. The minimum absolute atomic E-state index is 0.0277. The summed E-state index contributed by atoms with van der Waals surface area (Å²) in [5, 5.41) is 20.2. The molecule has 0 spiro atoms. The van der Waals surface area contributed by atoms with Crippen molar-refractivity contribution < 1.29 is 29.0 Å². The van der Waals surface area contributed by atoms with Gasteiger partial charge in [-0.15, -0.1) is 0 Å². The zero-order chi connectivity index (χ0) is 25.1. The van der Waals surface area contributed by atoms with Crippen LogP contribution >= 0.6 is 0 Å². The van der Waals surface area contributed by atoms with Gasteiger partial charge in [0.2, 0.25) is 0 Å². The molecule has 3 aromatic carbocycles. The van der Waals surface area contributed by atoms with Crippen molar-refractivity contribution in [1.82, 2.24) is 4.90 Å². The summed E-state index contributed by atoms with van der Waals surface area (Å²) in [6, 6.07) is 19.0. The number of rotatable bonds is 9. The Kier molecular flexibility index (Phi) is 7.07. The maximum atomic E-state index is 14.7. The summed E-state index contributed by atoms with van der Waals surface area (Å²) in [6.45, 7) is 1.85. The number of benzene rings is 3. The summed E-state index contributed by atoms with van der Waals surface area (Å²) < 4.78 is 14.7.